The Bertz CT molecular complexity index is 1070. The first kappa shape index (κ1) is 21.6. The number of carbonyl (C=O) groups is 1. The summed E-state index contributed by atoms with van der Waals surface area (Å²) < 4.78 is 65.9. The van der Waals surface area contributed by atoms with Crippen LogP contribution >= 0.6 is 0 Å². The SMILES string of the molecule is O=C(c1ccc(S(=O)(=O)Nc2cccc(C(F)(F)F)c2)cc1)N1CCN2CCCC2C1. The molecule has 1 unspecified atom stereocenters. The molecule has 2 aromatic rings. The van der Waals surface area contributed by atoms with Gasteiger partial charge < -0.3 is 4.90 Å². The number of carbonyl (C=O) groups excluding carboxylic acids is 1. The molecule has 4 rings (SSSR count). The van der Waals surface area contributed by atoms with Crippen molar-refractivity contribution in [2.75, 3.05) is 30.9 Å². The van der Waals surface area contributed by atoms with Crippen LogP contribution in [0.4, 0.5) is 18.9 Å². The van der Waals surface area contributed by atoms with Crippen LogP contribution in [0, 0.1) is 0 Å². The van der Waals surface area contributed by atoms with Gasteiger partial charge in [-0.2, -0.15) is 13.2 Å². The molecule has 1 amide bonds. The van der Waals surface area contributed by atoms with Gasteiger partial charge in [-0.25, -0.2) is 8.42 Å². The first-order chi connectivity index (χ1) is 14.6. The number of fused-ring (bicyclic) bond motifs is 1. The predicted molar refractivity (Wildman–Crippen MR) is 109 cm³/mol. The zero-order valence-electron chi connectivity index (χ0n) is 16.6. The third-order valence-electron chi connectivity index (χ3n) is 5.73. The van der Waals surface area contributed by atoms with E-state index in [1.807, 2.05) is 0 Å². The van der Waals surface area contributed by atoms with Gasteiger partial charge in [0.15, 0.2) is 0 Å². The number of alkyl halides is 3. The van der Waals surface area contributed by atoms with Crippen LogP contribution < -0.4 is 4.72 Å². The topological polar surface area (TPSA) is 69.7 Å². The fraction of sp³-hybridized carbons (Fsp3) is 0.381. The summed E-state index contributed by atoms with van der Waals surface area (Å²) in [6, 6.07) is 9.80. The first-order valence-corrected chi connectivity index (χ1v) is 11.5. The minimum absolute atomic E-state index is 0.137. The first-order valence-electron chi connectivity index (χ1n) is 9.97. The number of anilines is 1. The van der Waals surface area contributed by atoms with Crippen molar-refractivity contribution in [2.45, 2.75) is 30.0 Å². The average molecular weight is 453 g/mol. The Kier molecular flexibility index (Phi) is 5.69. The zero-order valence-corrected chi connectivity index (χ0v) is 17.4. The van der Waals surface area contributed by atoms with E-state index < -0.39 is 21.8 Å². The molecule has 10 heteroatoms. The van der Waals surface area contributed by atoms with Crippen molar-refractivity contribution in [3.05, 3.63) is 59.7 Å². The fourth-order valence-electron chi connectivity index (χ4n) is 4.11. The average Bonchev–Trinajstić information content (AvgIpc) is 3.20. The lowest BCUT2D eigenvalue weighted by Crippen LogP contribution is -2.52. The number of amides is 1. The molecule has 0 radical (unpaired) electrons. The molecule has 2 saturated heterocycles. The second-order valence-electron chi connectivity index (χ2n) is 7.79. The van der Waals surface area contributed by atoms with E-state index in [2.05, 4.69) is 9.62 Å². The second-order valence-corrected chi connectivity index (χ2v) is 9.47. The van der Waals surface area contributed by atoms with Crippen molar-refractivity contribution in [2.24, 2.45) is 0 Å². The number of hydrogen-bond acceptors (Lipinski definition) is 4. The van der Waals surface area contributed by atoms with Crippen LogP contribution in [-0.4, -0.2) is 56.3 Å². The standard InChI is InChI=1S/C21H22F3N3O3S/c22-21(23,24)16-3-1-4-17(13-16)25-31(29,30)19-8-6-15(7-9-19)20(28)27-12-11-26-10-2-5-18(26)14-27/h1,3-4,6-9,13,18,25H,2,5,10-12,14H2. The predicted octanol–water partition coefficient (Wildman–Crippen LogP) is 3.43. The second kappa shape index (κ2) is 8.16. The molecule has 166 valence electrons. The van der Waals surface area contributed by atoms with Gasteiger partial charge in [-0.05, 0) is 61.9 Å². The molecule has 2 aliphatic heterocycles. The number of rotatable bonds is 4. The molecule has 0 saturated carbocycles. The summed E-state index contributed by atoms with van der Waals surface area (Å²) in [5, 5.41) is 0. The normalized spacial score (nSPS) is 19.8. The van der Waals surface area contributed by atoms with Crippen molar-refractivity contribution < 1.29 is 26.4 Å². The molecule has 31 heavy (non-hydrogen) atoms. The summed E-state index contributed by atoms with van der Waals surface area (Å²) in [4.78, 5) is 16.8. The van der Waals surface area contributed by atoms with Crippen LogP contribution in [0.3, 0.4) is 0 Å². The minimum Gasteiger partial charge on any atom is -0.336 e. The number of nitrogens with one attached hydrogen (secondary N) is 1. The molecule has 0 aromatic heterocycles. The molecular formula is C21H22F3N3O3S. The van der Waals surface area contributed by atoms with E-state index in [4.69, 9.17) is 0 Å². The summed E-state index contributed by atoms with van der Waals surface area (Å²) in [5.74, 6) is -0.152. The zero-order chi connectivity index (χ0) is 22.2. The molecule has 1 atom stereocenters. The van der Waals surface area contributed by atoms with E-state index in [-0.39, 0.29) is 16.5 Å². The van der Waals surface area contributed by atoms with Gasteiger partial charge in [0.25, 0.3) is 15.9 Å². The molecule has 2 aliphatic rings. The Labute approximate surface area is 178 Å². The summed E-state index contributed by atoms with van der Waals surface area (Å²) in [7, 11) is -4.10. The third-order valence-corrected chi connectivity index (χ3v) is 7.13. The summed E-state index contributed by atoms with van der Waals surface area (Å²) in [6.07, 6.45) is -2.37. The van der Waals surface area contributed by atoms with Crippen molar-refractivity contribution >= 4 is 21.6 Å². The van der Waals surface area contributed by atoms with E-state index in [1.165, 1.54) is 30.3 Å². The number of nitrogens with zero attached hydrogens (tertiary/aromatic N) is 2. The van der Waals surface area contributed by atoms with Crippen molar-refractivity contribution in [1.29, 1.82) is 0 Å². The highest BCUT2D eigenvalue weighted by molar-refractivity contribution is 7.92. The lowest BCUT2D eigenvalue weighted by atomic mass is 10.1. The summed E-state index contributed by atoms with van der Waals surface area (Å²) >= 11 is 0. The van der Waals surface area contributed by atoms with Gasteiger partial charge in [-0.15, -0.1) is 0 Å². The third kappa shape index (κ3) is 4.69. The minimum atomic E-state index is -4.58. The molecule has 0 aliphatic carbocycles. The lowest BCUT2D eigenvalue weighted by molar-refractivity contribution is -0.137. The quantitative estimate of drug-likeness (QED) is 0.770. The smallest absolute Gasteiger partial charge is 0.336 e. The van der Waals surface area contributed by atoms with Gasteiger partial charge in [-0.3, -0.25) is 14.4 Å². The largest absolute Gasteiger partial charge is 0.416 e. The van der Waals surface area contributed by atoms with Gasteiger partial charge in [-0.1, -0.05) is 6.07 Å². The van der Waals surface area contributed by atoms with Gasteiger partial charge in [0.05, 0.1) is 10.5 Å². The molecule has 0 spiro atoms. The van der Waals surface area contributed by atoms with Gasteiger partial charge in [0, 0.05) is 36.9 Å². The monoisotopic (exact) mass is 453 g/mol. The van der Waals surface area contributed by atoms with Crippen molar-refractivity contribution in [3.63, 3.8) is 0 Å². The number of benzene rings is 2. The van der Waals surface area contributed by atoms with E-state index >= 15 is 0 Å². The maximum Gasteiger partial charge on any atom is 0.416 e. The molecule has 2 heterocycles. The number of piperazine rings is 1. The highest BCUT2D eigenvalue weighted by Gasteiger charge is 2.33. The molecule has 2 fully saturated rings. The van der Waals surface area contributed by atoms with E-state index in [1.54, 1.807) is 4.90 Å². The van der Waals surface area contributed by atoms with Gasteiger partial charge in [0.1, 0.15) is 0 Å². The fourth-order valence-corrected chi connectivity index (χ4v) is 5.16. The molecule has 2 aromatic carbocycles. The van der Waals surface area contributed by atoms with E-state index in [0.717, 1.165) is 44.1 Å². The van der Waals surface area contributed by atoms with E-state index in [0.29, 0.717) is 24.7 Å². The Balaban J connectivity index is 1.46. The Hall–Kier alpha value is -2.59. The van der Waals surface area contributed by atoms with Crippen LogP contribution in [0.25, 0.3) is 0 Å². The van der Waals surface area contributed by atoms with Crippen LogP contribution in [-0.2, 0) is 16.2 Å². The molecule has 0 bridgehead atoms. The van der Waals surface area contributed by atoms with Gasteiger partial charge in [0.2, 0.25) is 0 Å². The Morgan fingerprint density at radius 2 is 1.77 bits per heavy atom. The Morgan fingerprint density at radius 1 is 1.03 bits per heavy atom. The number of sulfonamides is 1. The lowest BCUT2D eigenvalue weighted by Gasteiger charge is -2.37. The van der Waals surface area contributed by atoms with Gasteiger partial charge >= 0.3 is 6.18 Å². The molecule has 1 N–H and O–H groups in total. The Morgan fingerprint density at radius 3 is 2.48 bits per heavy atom. The van der Waals surface area contributed by atoms with Crippen LogP contribution in [0.15, 0.2) is 53.4 Å². The highest BCUT2D eigenvalue weighted by atomic mass is 32.2. The molecule has 6 nitrogen and oxygen atoms in total. The highest BCUT2D eigenvalue weighted by Crippen LogP contribution is 2.31. The van der Waals surface area contributed by atoms with Crippen LogP contribution in [0.1, 0.15) is 28.8 Å². The maximum atomic E-state index is 12.9. The maximum absolute atomic E-state index is 12.9. The van der Waals surface area contributed by atoms with Crippen LogP contribution in [0.5, 0.6) is 0 Å². The number of hydrogen-bond donors (Lipinski definition) is 1. The van der Waals surface area contributed by atoms with E-state index in [9.17, 15) is 26.4 Å². The molecular weight excluding hydrogens is 431 g/mol. The summed E-state index contributed by atoms with van der Waals surface area (Å²) in [5.41, 5.74) is -0.759. The van der Waals surface area contributed by atoms with Crippen molar-refractivity contribution in [1.82, 2.24) is 9.80 Å². The van der Waals surface area contributed by atoms with Crippen molar-refractivity contribution in [3.8, 4) is 0 Å². The number of halogens is 3. The van der Waals surface area contributed by atoms with Crippen LogP contribution in [0.2, 0.25) is 0 Å². The summed E-state index contributed by atoms with van der Waals surface area (Å²) in [6.45, 7) is 3.20.